The summed E-state index contributed by atoms with van der Waals surface area (Å²) >= 11 is 3.11. The van der Waals surface area contributed by atoms with Crippen molar-refractivity contribution in [3.63, 3.8) is 0 Å². The summed E-state index contributed by atoms with van der Waals surface area (Å²) in [6.07, 6.45) is 1.68. The van der Waals surface area contributed by atoms with Crippen LogP contribution in [0.3, 0.4) is 0 Å². The highest BCUT2D eigenvalue weighted by atomic mass is 127. The van der Waals surface area contributed by atoms with E-state index >= 15 is 0 Å². The van der Waals surface area contributed by atoms with Gasteiger partial charge in [-0.3, -0.25) is 14.5 Å². The van der Waals surface area contributed by atoms with Crippen molar-refractivity contribution in [2.24, 2.45) is 0 Å². The van der Waals surface area contributed by atoms with Gasteiger partial charge in [-0.1, -0.05) is 0 Å². The van der Waals surface area contributed by atoms with E-state index in [0.717, 1.165) is 15.3 Å². The molecule has 1 aliphatic heterocycles. The number of rotatable bonds is 4. The summed E-state index contributed by atoms with van der Waals surface area (Å²) in [7, 11) is 3.10. The van der Waals surface area contributed by atoms with Crippen LogP contribution in [0.5, 0.6) is 11.5 Å². The molecule has 0 aromatic heterocycles. The van der Waals surface area contributed by atoms with Crippen LogP contribution >= 0.6 is 34.4 Å². The fraction of sp³-hybridized carbons (Fsp3) is 0.333. The summed E-state index contributed by atoms with van der Waals surface area (Å²) in [4.78, 5) is 25.9. The molecule has 2 rings (SSSR count). The molecule has 1 heterocycles. The molecule has 7 heteroatoms. The molecule has 1 saturated heterocycles. The molecule has 22 heavy (non-hydrogen) atoms. The summed E-state index contributed by atoms with van der Waals surface area (Å²) in [6, 6.07) is 3.56. The number of methoxy groups -OCH3 is 2. The van der Waals surface area contributed by atoms with Crippen molar-refractivity contribution in [3.05, 3.63) is 26.2 Å². The fourth-order valence-electron chi connectivity index (χ4n) is 2.13. The van der Waals surface area contributed by atoms with Crippen LogP contribution < -0.4 is 9.47 Å². The molecule has 0 aliphatic carbocycles. The number of nitrogens with zero attached hydrogens (tertiary/aromatic N) is 1. The first kappa shape index (κ1) is 17.1. The van der Waals surface area contributed by atoms with Gasteiger partial charge in [-0.05, 0) is 66.4 Å². The maximum atomic E-state index is 12.3. The molecule has 1 aliphatic rings. The Morgan fingerprint density at radius 2 is 1.91 bits per heavy atom. The van der Waals surface area contributed by atoms with Crippen molar-refractivity contribution in [1.29, 1.82) is 0 Å². The number of hydrogen-bond donors (Lipinski definition) is 0. The van der Waals surface area contributed by atoms with Gasteiger partial charge in [-0.2, -0.15) is 0 Å². The second kappa shape index (κ2) is 6.91. The fourth-order valence-corrected chi connectivity index (χ4v) is 3.70. The lowest BCUT2D eigenvalue weighted by Gasteiger charge is -2.16. The molecule has 0 radical (unpaired) electrons. The van der Waals surface area contributed by atoms with Crippen LogP contribution in [0.15, 0.2) is 17.0 Å². The molecule has 0 unspecified atom stereocenters. The Morgan fingerprint density at radius 3 is 2.41 bits per heavy atom. The van der Waals surface area contributed by atoms with E-state index in [1.165, 1.54) is 4.90 Å². The van der Waals surface area contributed by atoms with Crippen LogP contribution in [0.4, 0.5) is 4.79 Å². The number of thioether (sulfide) groups is 1. The smallest absolute Gasteiger partial charge is 0.293 e. The topological polar surface area (TPSA) is 55.8 Å². The van der Waals surface area contributed by atoms with Crippen LogP contribution in [-0.2, 0) is 4.79 Å². The molecule has 0 bridgehead atoms. The Kier molecular flexibility index (Phi) is 5.38. The predicted octanol–water partition coefficient (Wildman–Crippen LogP) is 3.75. The molecule has 0 saturated carbocycles. The first-order valence-electron chi connectivity index (χ1n) is 6.57. The second-order valence-electron chi connectivity index (χ2n) is 4.88. The van der Waals surface area contributed by atoms with Gasteiger partial charge in [0.1, 0.15) is 0 Å². The maximum absolute atomic E-state index is 12.3. The van der Waals surface area contributed by atoms with Gasteiger partial charge in [0.05, 0.1) is 19.1 Å². The third-order valence-corrected chi connectivity index (χ3v) is 4.61. The minimum Gasteiger partial charge on any atom is -0.493 e. The second-order valence-corrected chi connectivity index (χ2v) is 7.11. The predicted molar refractivity (Wildman–Crippen MR) is 95.2 cm³/mol. The minimum atomic E-state index is -0.273. The summed E-state index contributed by atoms with van der Waals surface area (Å²) in [5, 5.41) is -0.247. The average Bonchev–Trinajstić information content (AvgIpc) is 2.72. The van der Waals surface area contributed by atoms with Crippen molar-refractivity contribution in [3.8, 4) is 11.5 Å². The molecule has 0 spiro atoms. The van der Waals surface area contributed by atoms with E-state index in [2.05, 4.69) is 22.6 Å². The number of hydrogen-bond acceptors (Lipinski definition) is 5. The number of carbonyl (C=O) groups is 2. The number of carbonyl (C=O) groups excluding carboxylic acids is 2. The van der Waals surface area contributed by atoms with E-state index in [-0.39, 0.29) is 17.2 Å². The lowest BCUT2D eigenvalue weighted by atomic mass is 10.1. The zero-order valence-corrected chi connectivity index (χ0v) is 15.6. The van der Waals surface area contributed by atoms with E-state index in [4.69, 9.17) is 9.47 Å². The van der Waals surface area contributed by atoms with Crippen molar-refractivity contribution < 1.29 is 19.1 Å². The molecule has 1 aromatic carbocycles. The summed E-state index contributed by atoms with van der Waals surface area (Å²) < 4.78 is 11.6. The lowest BCUT2D eigenvalue weighted by Crippen LogP contribution is -2.34. The number of ether oxygens (including phenoxy) is 2. The van der Waals surface area contributed by atoms with Gasteiger partial charge < -0.3 is 9.47 Å². The molecule has 0 atom stereocenters. The molecule has 1 fully saturated rings. The number of imide groups is 1. The SMILES string of the molecule is COc1cc(I)cc(/C=C2\SC(=O)N(C(C)C)C2=O)c1OC. The number of amides is 2. The molecule has 0 N–H and O–H groups in total. The van der Waals surface area contributed by atoms with E-state index in [1.54, 1.807) is 20.3 Å². The highest BCUT2D eigenvalue weighted by Gasteiger charge is 2.36. The Bertz CT molecular complexity index is 657. The third-order valence-electron chi connectivity index (χ3n) is 3.10. The van der Waals surface area contributed by atoms with Gasteiger partial charge >= 0.3 is 0 Å². The lowest BCUT2D eigenvalue weighted by molar-refractivity contribution is -0.123. The van der Waals surface area contributed by atoms with E-state index in [9.17, 15) is 9.59 Å². The van der Waals surface area contributed by atoms with Gasteiger partial charge in [0.2, 0.25) is 0 Å². The Labute approximate surface area is 147 Å². The quantitative estimate of drug-likeness (QED) is 0.535. The third kappa shape index (κ3) is 3.24. The zero-order valence-electron chi connectivity index (χ0n) is 12.7. The summed E-state index contributed by atoms with van der Waals surface area (Å²) in [5.41, 5.74) is 0.709. The molecule has 5 nitrogen and oxygen atoms in total. The van der Waals surface area contributed by atoms with Gasteiger partial charge in [-0.25, -0.2) is 0 Å². The van der Waals surface area contributed by atoms with Crippen molar-refractivity contribution in [2.45, 2.75) is 19.9 Å². The molecular weight excluding hydrogens is 417 g/mol. The van der Waals surface area contributed by atoms with Crippen LogP contribution in [0.2, 0.25) is 0 Å². The van der Waals surface area contributed by atoms with Gasteiger partial charge in [-0.15, -0.1) is 0 Å². The van der Waals surface area contributed by atoms with Gasteiger partial charge in [0, 0.05) is 15.2 Å². The van der Waals surface area contributed by atoms with Crippen LogP contribution in [-0.4, -0.2) is 36.3 Å². The Hall–Kier alpha value is -1.22. The molecule has 2 amide bonds. The molecule has 118 valence electrons. The van der Waals surface area contributed by atoms with Gasteiger partial charge in [0.15, 0.2) is 11.5 Å². The summed E-state index contributed by atoms with van der Waals surface area (Å²) in [5.74, 6) is 0.855. The average molecular weight is 433 g/mol. The van der Waals surface area contributed by atoms with E-state index in [1.807, 2.05) is 26.0 Å². The standard InChI is InChI=1S/C15H16INO4S/c1-8(2)17-14(18)12(22-15(17)19)6-9-5-10(16)7-11(20-3)13(9)21-4/h5-8H,1-4H3/b12-6-. The first-order chi connectivity index (χ1) is 10.4. The van der Waals surface area contributed by atoms with Crippen molar-refractivity contribution >= 4 is 51.6 Å². The van der Waals surface area contributed by atoms with Crippen molar-refractivity contribution in [2.75, 3.05) is 14.2 Å². The number of benzene rings is 1. The molecular formula is C15H16INO4S. The van der Waals surface area contributed by atoms with Crippen LogP contribution in [0, 0.1) is 3.57 Å². The van der Waals surface area contributed by atoms with E-state index < -0.39 is 0 Å². The highest BCUT2D eigenvalue weighted by Crippen LogP contribution is 2.38. The first-order valence-corrected chi connectivity index (χ1v) is 8.47. The summed E-state index contributed by atoms with van der Waals surface area (Å²) in [6.45, 7) is 3.63. The Balaban J connectivity index is 2.48. The van der Waals surface area contributed by atoms with Gasteiger partial charge in [0.25, 0.3) is 11.1 Å². The molecule has 1 aromatic rings. The number of halogens is 1. The van der Waals surface area contributed by atoms with E-state index in [0.29, 0.717) is 22.0 Å². The zero-order chi connectivity index (χ0) is 16.4. The van der Waals surface area contributed by atoms with Crippen LogP contribution in [0.25, 0.3) is 6.08 Å². The van der Waals surface area contributed by atoms with Crippen LogP contribution in [0.1, 0.15) is 19.4 Å². The normalized spacial score (nSPS) is 16.8. The monoisotopic (exact) mass is 433 g/mol. The largest absolute Gasteiger partial charge is 0.493 e. The van der Waals surface area contributed by atoms with Crippen molar-refractivity contribution in [1.82, 2.24) is 4.90 Å². The Morgan fingerprint density at radius 1 is 1.23 bits per heavy atom. The maximum Gasteiger partial charge on any atom is 0.293 e. The minimum absolute atomic E-state index is 0.161. The highest BCUT2D eigenvalue weighted by molar-refractivity contribution is 14.1.